The third kappa shape index (κ3) is 4.66. The summed E-state index contributed by atoms with van der Waals surface area (Å²) in [5.74, 6) is -6.22. The van der Waals surface area contributed by atoms with Gasteiger partial charge in [0.25, 0.3) is 6.17 Å². The lowest BCUT2D eigenvalue weighted by Gasteiger charge is -2.35. The van der Waals surface area contributed by atoms with Crippen molar-refractivity contribution in [3.8, 4) is 0 Å². The molecule has 22 heavy (non-hydrogen) atoms. The van der Waals surface area contributed by atoms with Gasteiger partial charge in [-0.05, 0) is 0 Å². The highest BCUT2D eigenvalue weighted by Gasteiger charge is 2.71. The first-order valence-electron chi connectivity index (χ1n) is 4.82. The van der Waals surface area contributed by atoms with Crippen LogP contribution in [0.1, 0.15) is 0 Å². The summed E-state index contributed by atoms with van der Waals surface area (Å²) in [5, 5.41) is 0. The molecule has 0 aliphatic rings. The Morgan fingerprint density at radius 3 is 1.55 bits per heavy atom. The Labute approximate surface area is 114 Å². The molecule has 2 atom stereocenters. The molecule has 0 spiro atoms. The summed E-state index contributed by atoms with van der Waals surface area (Å²) in [7, 11) is 0. The number of hydrogen-bond acceptors (Lipinski definition) is 3. The van der Waals surface area contributed by atoms with E-state index in [1.165, 1.54) is 0 Å². The van der Waals surface area contributed by atoms with Crippen molar-refractivity contribution in [2.45, 2.75) is 30.4 Å². The maximum Gasteiger partial charge on any atom is 0.423 e. The van der Waals surface area contributed by atoms with Gasteiger partial charge in [-0.15, -0.1) is 0 Å². The molecule has 132 valence electrons. The fourth-order valence-corrected chi connectivity index (χ4v) is 0.934. The highest BCUT2D eigenvalue weighted by atomic mass is 19.3. The summed E-state index contributed by atoms with van der Waals surface area (Å²) >= 11 is 0. The third-order valence-electron chi connectivity index (χ3n) is 1.81. The van der Waals surface area contributed by atoms with Crippen molar-refractivity contribution in [1.82, 2.24) is 0 Å². The molecule has 0 saturated carbocycles. The van der Waals surface area contributed by atoms with Gasteiger partial charge in [0.1, 0.15) is 0 Å². The third-order valence-corrected chi connectivity index (χ3v) is 1.81. The normalized spacial score (nSPS) is 18.0. The maximum atomic E-state index is 13.5. The fourth-order valence-electron chi connectivity index (χ4n) is 0.934. The number of rotatable bonds is 9. The van der Waals surface area contributed by atoms with Crippen LogP contribution < -0.4 is 0 Å². The Hall–Kier alpha value is -1.18. The molecule has 0 aliphatic heterocycles. The Balaban J connectivity index is 5.80. The zero-order valence-corrected chi connectivity index (χ0v) is 9.87. The topological polar surface area (TPSA) is 35.5 Å². The highest BCUT2D eigenvalue weighted by molar-refractivity contribution is 5.74. The Morgan fingerprint density at radius 2 is 1.23 bits per heavy atom. The lowest BCUT2D eigenvalue weighted by Crippen LogP contribution is -2.61. The Kier molecular flexibility index (Phi) is 6.17. The van der Waals surface area contributed by atoms with Gasteiger partial charge in [-0.25, -0.2) is 17.9 Å². The number of halogens is 11. The SMILES string of the molecule is O=C(F)C(F)C(F)(OC(F)(F)CF)C(F)(F)OC(F)(F)CF. The molecule has 14 heteroatoms. The molecule has 3 nitrogen and oxygen atoms in total. The number of ether oxygens (including phenoxy) is 2. The molecule has 0 aromatic heterocycles. The summed E-state index contributed by atoms with van der Waals surface area (Å²) < 4.78 is 142. The van der Waals surface area contributed by atoms with Gasteiger partial charge in [-0.3, -0.25) is 9.53 Å². The van der Waals surface area contributed by atoms with Gasteiger partial charge in [0.15, 0.2) is 13.3 Å². The van der Waals surface area contributed by atoms with E-state index in [9.17, 15) is 53.1 Å². The number of carbonyl (C=O) groups excluding carboxylic acids is 1. The van der Waals surface area contributed by atoms with Crippen LogP contribution in [-0.4, -0.2) is 49.7 Å². The van der Waals surface area contributed by atoms with Crippen LogP contribution in [-0.2, 0) is 14.3 Å². The number of hydrogen-bond donors (Lipinski definition) is 0. The van der Waals surface area contributed by atoms with Gasteiger partial charge < -0.3 is 0 Å². The van der Waals surface area contributed by atoms with Gasteiger partial charge in [0, 0.05) is 0 Å². The van der Waals surface area contributed by atoms with Crippen LogP contribution in [0.4, 0.5) is 48.3 Å². The molecule has 0 rings (SSSR count). The van der Waals surface area contributed by atoms with E-state index in [-0.39, 0.29) is 0 Å². The molecule has 0 aromatic carbocycles. The van der Waals surface area contributed by atoms with Gasteiger partial charge in [-0.2, -0.15) is 35.1 Å². The average Bonchev–Trinajstić information content (AvgIpc) is 2.35. The zero-order valence-electron chi connectivity index (χ0n) is 9.87. The molecule has 0 amide bonds. The second-order valence-corrected chi connectivity index (χ2v) is 3.57. The van der Waals surface area contributed by atoms with Crippen LogP contribution in [0, 0.1) is 0 Å². The van der Waals surface area contributed by atoms with Gasteiger partial charge in [0.2, 0.25) is 0 Å². The van der Waals surface area contributed by atoms with Gasteiger partial charge in [0.05, 0.1) is 0 Å². The van der Waals surface area contributed by atoms with E-state index < -0.39 is 49.7 Å². The van der Waals surface area contributed by atoms with Crippen LogP contribution in [0.5, 0.6) is 0 Å². The molecular weight excluding hydrogens is 353 g/mol. The second-order valence-electron chi connectivity index (χ2n) is 3.57. The molecular formula is C8H5F11O3. The van der Waals surface area contributed by atoms with Crippen LogP contribution in [0.15, 0.2) is 0 Å². The minimum absolute atomic E-state index is 2.14. The van der Waals surface area contributed by atoms with Crippen LogP contribution in [0.2, 0.25) is 0 Å². The first-order chi connectivity index (χ1) is 9.64. The second kappa shape index (κ2) is 6.52. The lowest BCUT2D eigenvalue weighted by molar-refractivity contribution is -0.487. The number of carbonyl (C=O) groups is 1. The standard InChI is InChI=1S/C8H5F11O3/c9-1-5(13,14)21-7(17,3(11)4(12)20)8(18,19)22-6(15,16)2-10/h3H,1-2H2. The Morgan fingerprint density at radius 1 is 0.864 bits per heavy atom. The largest absolute Gasteiger partial charge is 0.423 e. The van der Waals surface area contributed by atoms with E-state index >= 15 is 0 Å². The molecule has 0 aliphatic carbocycles. The van der Waals surface area contributed by atoms with Gasteiger partial charge >= 0.3 is 30.2 Å². The van der Waals surface area contributed by atoms with Crippen molar-refractivity contribution < 1.29 is 62.6 Å². The summed E-state index contributed by atoms with van der Waals surface area (Å²) in [5.41, 5.74) is 0. The van der Waals surface area contributed by atoms with E-state index in [2.05, 4.69) is 9.47 Å². The zero-order chi connectivity index (χ0) is 18.0. The van der Waals surface area contributed by atoms with Crippen LogP contribution in [0.3, 0.4) is 0 Å². The van der Waals surface area contributed by atoms with E-state index in [1.54, 1.807) is 0 Å². The van der Waals surface area contributed by atoms with Crippen LogP contribution in [0.25, 0.3) is 0 Å². The molecule has 0 heterocycles. The average molecular weight is 358 g/mol. The van der Waals surface area contributed by atoms with E-state index in [0.29, 0.717) is 0 Å². The summed E-state index contributed by atoms with van der Waals surface area (Å²) in [6, 6.07) is -3.69. The molecule has 0 N–H and O–H groups in total. The first kappa shape index (κ1) is 20.8. The molecule has 0 bridgehead atoms. The summed E-state index contributed by atoms with van der Waals surface area (Å²) in [4.78, 5) is 9.90. The quantitative estimate of drug-likeness (QED) is 0.469. The fraction of sp³-hybridized carbons (Fsp3) is 0.875. The van der Waals surface area contributed by atoms with Crippen molar-refractivity contribution in [2.24, 2.45) is 0 Å². The van der Waals surface area contributed by atoms with Crippen molar-refractivity contribution in [3.63, 3.8) is 0 Å². The highest BCUT2D eigenvalue weighted by Crippen LogP contribution is 2.45. The predicted octanol–water partition coefficient (Wildman–Crippen LogP) is 3.24. The molecule has 2 unspecified atom stereocenters. The smallest absolute Gasteiger partial charge is 0.270 e. The summed E-state index contributed by atoms with van der Waals surface area (Å²) in [6.45, 7) is -6.14. The first-order valence-corrected chi connectivity index (χ1v) is 4.82. The van der Waals surface area contributed by atoms with Crippen LogP contribution >= 0.6 is 0 Å². The van der Waals surface area contributed by atoms with Crippen molar-refractivity contribution in [2.75, 3.05) is 13.3 Å². The molecule has 0 aromatic rings. The molecule has 0 fully saturated rings. The number of alkyl halides is 10. The van der Waals surface area contributed by atoms with E-state index in [4.69, 9.17) is 0 Å². The van der Waals surface area contributed by atoms with Crippen molar-refractivity contribution in [3.05, 3.63) is 0 Å². The minimum atomic E-state index is -6.51. The molecule has 0 saturated heterocycles. The van der Waals surface area contributed by atoms with Crippen molar-refractivity contribution in [1.29, 1.82) is 0 Å². The van der Waals surface area contributed by atoms with Gasteiger partial charge in [-0.1, -0.05) is 0 Å². The molecule has 0 radical (unpaired) electrons. The lowest BCUT2D eigenvalue weighted by atomic mass is 10.1. The van der Waals surface area contributed by atoms with Crippen molar-refractivity contribution >= 4 is 6.04 Å². The predicted molar refractivity (Wildman–Crippen MR) is 43.8 cm³/mol. The van der Waals surface area contributed by atoms with E-state index in [0.717, 1.165) is 0 Å². The monoisotopic (exact) mass is 358 g/mol. The Bertz CT molecular complexity index is 401. The minimum Gasteiger partial charge on any atom is -0.270 e. The maximum absolute atomic E-state index is 13.5. The summed E-state index contributed by atoms with van der Waals surface area (Å²) in [6.07, 6.45) is -22.6. The van der Waals surface area contributed by atoms with E-state index in [1.807, 2.05) is 0 Å².